The van der Waals surface area contributed by atoms with Crippen LogP contribution in [0.15, 0.2) is 29.4 Å². The van der Waals surface area contributed by atoms with Crippen molar-refractivity contribution in [3.8, 4) is 0 Å². The van der Waals surface area contributed by atoms with Crippen molar-refractivity contribution in [2.75, 3.05) is 5.75 Å². The van der Waals surface area contributed by atoms with Gasteiger partial charge in [-0.2, -0.15) is 0 Å². The average molecular weight is 257 g/mol. The van der Waals surface area contributed by atoms with Gasteiger partial charge >= 0.3 is 0 Å². The minimum Gasteiger partial charge on any atom is -0.409 e. The molecule has 7 heteroatoms. The third kappa shape index (κ3) is 4.04. The van der Waals surface area contributed by atoms with Gasteiger partial charge in [0.1, 0.15) is 0 Å². The van der Waals surface area contributed by atoms with Gasteiger partial charge in [-0.05, 0) is 12.5 Å². The molecule has 0 aromatic heterocycles. The molecule has 0 heterocycles. The molecule has 0 bridgehead atoms. The molecule has 1 aromatic carbocycles. The van der Waals surface area contributed by atoms with Crippen LogP contribution in [0.2, 0.25) is 0 Å². The zero-order valence-corrected chi connectivity index (χ0v) is 10.2. The molecule has 0 radical (unpaired) electrons. The second kappa shape index (κ2) is 5.65. The van der Waals surface area contributed by atoms with Crippen LogP contribution in [-0.4, -0.2) is 25.2 Å². The number of hydrogen-bond acceptors (Lipinski definition) is 4. The zero-order chi connectivity index (χ0) is 12.9. The fraction of sp³-hybridized carbons (Fsp3) is 0.300. The van der Waals surface area contributed by atoms with Gasteiger partial charge in [0, 0.05) is 12.1 Å². The number of nitrogens with one attached hydrogen (secondary N) is 1. The summed E-state index contributed by atoms with van der Waals surface area (Å²) < 4.78 is 24.9. The lowest BCUT2D eigenvalue weighted by molar-refractivity contribution is 0.318. The van der Waals surface area contributed by atoms with Crippen LogP contribution in [0.25, 0.3) is 0 Å². The van der Waals surface area contributed by atoms with Crippen molar-refractivity contribution in [1.29, 1.82) is 0 Å². The Kier molecular flexibility index (Phi) is 4.47. The molecule has 1 rings (SSSR count). The van der Waals surface area contributed by atoms with E-state index in [2.05, 4.69) is 9.88 Å². The first-order valence-corrected chi connectivity index (χ1v) is 6.68. The van der Waals surface area contributed by atoms with Gasteiger partial charge in [0.2, 0.25) is 10.0 Å². The Labute approximate surface area is 100 Å². The Balaban J connectivity index is 2.70. The fourth-order valence-electron chi connectivity index (χ4n) is 1.15. The first kappa shape index (κ1) is 13.5. The van der Waals surface area contributed by atoms with Crippen LogP contribution >= 0.6 is 0 Å². The fourth-order valence-corrected chi connectivity index (χ4v) is 1.74. The molecule has 0 spiro atoms. The number of amidine groups is 1. The molecular weight excluding hydrogens is 242 g/mol. The molecule has 0 atom stereocenters. The number of hydrogen-bond donors (Lipinski definition) is 3. The molecule has 0 saturated carbocycles. The van der Waals surface area contributed by atoms with Crippen LogP contribution in [0, 0.1) is 0 Å². The number of nitrogens with zero attached hydrogens (tertiary/aromatic N) is 1. The maximum atomic E-state index is 11.2. The van der Waals surface area contributed by atoms with E-state index < -0.39 is 10.0 Å². The summed E-state index contributed by atoms with van der Waals surface area (Å²) in [6.45, 7) is 1.80. The molecule has 0 amide bonds. The predicted octanol–water partition coefficient (Wildman–Crippen LogP) is 0.220. The Morgan fingerprint density at radius 1 is 1.41 bits per heavy atom. The van der Waals surface area contributed by atoms with Gasteiger partial charge in [0.15, 0.2) is 5.84 Å². The number of rotatable bonds is 5. The largest absolute Gasteiger partial charge is 0.409 e. The highest BCUT2D eigenvalue weighted by Crippen LogP contribution is 2.04. The quantitative estimate of drug-likeness (QED) is 0.304. The first-order chi connectivity index (χ1) is 7.98. The molecule has 0 saturated heterocycles. The summed E-state index contributed by atoms with van der Waals surface area (Å²) >= 11 is 0. The van der Waals surface area contributed by atoms with E-state index in [4.69, 9.17) is 10.9 Å². The van der Waals surface area contributed by atoms with Crippen LogP contribution in [-0.2, 0) is 16.6 Å². The Bertz CT molecular complexity index is 494. The molecule has 0 aliphatic rings. The minimum atomic E-state index is -3.19. The second-order valence-corrected chi connectivity index (χ2v) is 5.50. The normalized spacial score (nSPS) is 12.6. The number of sulfonamides is 1. The molecule has 4 N–H and O–H groups in total. The summed E-state index contributed by atoms with van der Waals surface area (Å²) in [5.74, 6) is 0.0700. The summed E-state index contributed by atoms with van der Waals surface area (Å²) in [7, 11) is -3.19. The number of nitrogens with two attached hydrogens (primary N) is 1. The molecule has 0 aliphatic carbocycles. The van der Waals surface area contributed by atoms with E-state index in [0.29, 0.717) is 5.56 Å². The van der Waals surface area contributed by atoms with Crippen LogP contribution in [0.4, 0.5) is 0 Å². The summed E-state index contributed by atoms with van der Waals surface area (Å²) in [5, 5.41) is 11.3. The molecule has 1 aromatic rings. The molecule has 6 nitrogen and oxygen atoms in total. The summed E-state index contributed by atoms with van der Waals surface area (Å²) in [4.78, 5) is 0. The minimum absolute atomic E-state index is 0.0192. The van der Waals surface area contributed by atoms with Crippen LogP contribution in [0.3, 0.4) is 0 Å². The molecule has 0 fully saturated rings. The van der Waals surface area contributed by atoms with Gasteiger partial charge in [-0.3, -0.25) is 0 Å². The van der Waals surface area contributed by atoms with Crippen molar-refractivity contribution in [3.63, 3.8) is 0 Å². The van der Waals surface area contributed by atoms with Crippen molar-refractivity contribution in [2.24, 2.45) is 10.9 Å². The Hall–Kier alpha value is -1.60. The summed E-state index contributed by atoms with van der Waals surface area (Å²) in [5.41, 5.74) is 6.78. The van der Waals surface area contributed by atoms with Crippen molar-refractivity contribution >= 4 is 15.9 Å². The van der Waals surface area contributed by atoms with E-state index in [1.807, 2.05) is 0 Å². The molecule has 17 heavy (non-hydrogen) atoms. The monoisotopic (exact) mass is 257 g/mol. The zero-order valence-electron chi connectivity index (χ0n) is 9.42. The van der Waals surface area contributed by atoms with Crippen molar-refractivity contribution in [2.45, 2.75) is 13.5 Å². The molecule has 0 unspecified atom stereocenters. The SMILES string of the molecule is CCS(=O)(=O)NCc1ccc(C(N)=NO)cc1. The highest BCUT2D eigenvalue weighted by molar-refractivity contribution is 7.89. The van der Waals surface area contributed by atoms with E-state index >= 15 is 0 Å². The highest BCUT2D eigenvalue weighted by atomic mass is 32.2. The van der Waals surface area contributed by atoms with Crippen molar-refractivity contribution in [1.82, 2.24) is 4.72 Å². The van der Waals surface area contributed by atoms with Crippen LogP contribution < -0.4 is 10.5 Å². The van der Waals surface area contributed by atoms with Gasteiger partial charge in [-0.15, -0.1) is 0 Å². The van der Waals surface area contributed by atoms with Gasteiger partial charge < -0.3 is 10.9 Å². The van der Waals surface area contributed by atoms with Gasteiger partial charge in [-0.1, -0.05) is 29.4 Å². The lowest BCUT2D eigenvalue weighted by atomic mass is 10.1. The average Bonchev–Trinajstić information content (AvgIpc) is 2.36. The van der Waals surface area contributed by atoms with E-state index in [1.54, 1.807) is 31.2 Å². The Morgan fingerprint density at radius 3 is 2.47 bits per heavy atom. The van der Waals surface area contributed by atoms with E-state index in [9.17, 15) is 8.42 Å². The maximum Gasteiger partial charge on any atom is 0.211 e. The number of benzene rings is 1. The topological polar surface area (TPSA) is 105 Å². The van der Waals surface area contributed by atoms with Gasteiger partial charge in [-0.25, -0.2) is 13.1 Å². The smallest absolute Gasteiger partial charge is 0.211 e. The van der Waals surface area contributed by atoms with Gasteiger partial charge in [0.25, 0.3) is 0 Å². The van der Waals surface area contributed by atoms with E-state index in [-0.39, 0.29) is 18.1 Å². The highest BCUT2D eigenvalue weighted by Gasteiger charge is 2.06. The standard InChI is InChI=1S/C10H15N3O3S/c1-2-17(15,16)12-7-8-3-5-9(6-4-8)10(11)13-14/h3-6,12,14H,2,7H2,1H3,(H2,11,13). The lowest BCUT2D eigenvalue weighted by Crippen LogP contribution is -2.24. The molecule has 0 aliphatic heterocycles. The maximum absolute atomic E-state index is 11.2. The van der Waals surface area contributed by atoms with Crippen LogP contribution in [0.5, 0.6) is 0 Å². The Morgan fingerprint density at radius 2 is 2.00 bits per heavy atom. The van der Waals surface area contributed by atoms with Crippen LogP contribution in [0.1, 0.15) is 18.1 Å². The van der Waals surface area contributed by atoms with E-state index in [1.165, 1.54) is 0 Å². The molecule has 94 valence electrons. The predicted molar refractivity (Wildman–Crippen MR) is 65.3 cm³/mol. The molecular formula is C10H15N3O3S. The number of oxime groups is 1. The van der Waals surface area contributed by atoms with Gasteiger partial charge in [0.05, 0.1) is 5.75 Å². The third-order valence-corrected chi connectivity index (χ3v) is 3.58. The first-order valence-electron chi connectivity index (χ1n) is 5.02. The third-order valence-electron chi connectivity index (χ3n) is 2.23. The van der Waals surface area contributed by atoms with Crippen molar-refractivity contribution in [3.05, 3.63) is 35.4 Å². The second-order valence-electron chi connectivity index (χ2n) is 3.41. The lowest BCUT2D eigenvalue weighted by Gasteiger charge is -2.05. The van der Waals surface area contributed by atoms with Crippen molar-refractivity contribution < 1.29 is 13.6 Å². The summed E-state index contributed by atoms with van der Waals surface area (Å²) in [6.07, 6.45) is 0. The summed E-state index contributed by atoms with van der Waals surface area (Å²) in [6, 6.07) is 6.74. The van der Waals surface area contributed by atoms with E-state index in [0.717, 1.165) is 5.56 Å².